The minimum Gasteiger partial charge on any atom is -0.322 e. The fourth-order valence-electron chi connectivity index (χ4n) is 3.43. The van der Waals surface area contributed by atoms with Crippen molar-refractivity contribution < 1.29 is 22.8 Å². The summed E-state index contributed by atoms with van der Waals surface area (Å²) in [6, 6.07) is 9.25. The quantitative estimate of drug-likeness (QED) is 0.658. The summed E-state index contributed by atoms with van der Waals surface area (Å²) < 4.78 is 41.2. The molecule has 0 fully saturated rings. The highest BCUT2D eigenvalue weighted by Crippen LogP contribution is 2.47. The van der Waals surface area contributed by atoms with Crippen LogP contribution < -0.4 is 21.0 Å². The standard InChI is InChI=1S/C18H13ClF3N5O2/c1-9(28)23-16-25-26-17(12-8-10(19)6-7-13(12)24-15(17)29)27(16)14-5-3-2-4-11(14)18(20,21)22/h2-8,26H,1H3,(H,24,29)(H,23,25,28). The molecule has 29 heavy (non-hydrogen) atoms. The van der Waals surface area contributed by atoms with Crippen molar-refractivity contribution in [3.05, 3.63) is 58.6 Å². The molecule has 2 aliphatic heterocycles. The van der Waals surface area contributed by atoms with Crippen LogP contribution in [0.5, 0.6) is 0 Å². The molecule has 0 radical (unpaired) electrons. The van der Waals surface area contributed by atoms with E-state index in [0.717, 1.165) is 11.0 Å². The van der Waals surface area contributed by atoms with Crippen molar-refractivity contribution in [2.45, 2.75) is 18.8 Å². The summed E-state index contributed by atoms with van der Waals surface area (Å²) in [5.74, 6) is -1.49. The van der Waals surface area contributed by atoms with Crippen molar-refractivity contribution in [3.63, 3.8) is 0 Å². The van der Waals surface area contributed by atoms with E-state index >= 15 is 0 Å². The molecule has 1 spiro atoms. The van der Waals surface area contributed by atoms with Crippen LogP contribution in [0.15, 0.2) is 47.6 Å². The Morgan fingerprint density at radius 2 is 1.97 bits per heavy atom. The molecule has 0 bridgehead atoms. The number of carbonyl (C=O) groups is 2. The maximum atomic E-state index is 13.7. The van der Waals surface area contributed by atoms with Crippen LogP contribution >= 0.6 is 11.6 Å². The van der Waals surface area contributed by atoms with Crippen LogP contribution in [0.4, 0.5) is 24.5 Å². The first-order valence-electron chi connectivity index (χ1n) is 8.35. The van der Waals surface area contributed by atoms with E-state index in [9.17, 15) is 22.8 Å². The Kier molecular flexibility index (Phi) is 4.19. The van der Waals surface area contributed by atoms with Gasteiger partial charge in [-0.05, 0) is 30.3 Å². The third-order valence-corrected chi connectivity index (χ3v) is 4.79. The molecule has 2 amide bonds. The van der Waals surface area contributed by atoms with Crippen molar-refractivity contribution in [1.82, 2.24) is 10.7 Å². The molecular formula is C18H13ClF3N5O2. The molecule has 4 rings (SSSR count). The molecule has 0 saturated heterocycles. The molecule has 0 aliphatic carbocycles. The Balaban J connectivity index is 1.98. The number of nitrogens with one attached hydrogen (secondary N) is 3. The largest absolute Gasteiger partial charge is 0.418 e. The van der Waals surface area contributed by atoms with Crippen LogP contribution in [0.25, 0.3) is 0 Å². The summed E-state index contributed by atoms with van der Waals surface area (Å²) in [6.07, 6.45) is -4.71. The summed E-state index contributed by atoms with van der Waals surface area (Å²) in [5.41, 5.74) is 0.0265. The van der Waals surface area contributed by atoms with E-state index in [4.69, 9.17) is 11.6 Å². The zero-order valence-electron chi connectivity index (χ0n) is 14.8. The van der Waals surface area contributed by atoms with Gasteiger partial charge in [-0.3, -0.25) is 25.2 Å². The zero-order chi connectivity index (χ0) is 21.0. The lowest BCUT2D eigenvalue weighted by molar-refractivity contribution is -0.137. The highest BCUT2D eigenvalue weighted by molar-refractivity contribution is 6.31. The number of anilines is 2. The third-order valence-electron chi connectivity index (χ3n) is 4.56. The van der Waals surface area contributed by atoms with Gasteiger partial charge in [0, 0.05) is 23.2 Å². The SMILES string of the molecule is CC(=O)NC1=NNC2(C(=O)Nc3ccc(Cl)cc32)N1c1ccccc1C(F)(F)F. The van der Waals surface area contributed by atoms with Gasteiger partial charge >= 0.3 is 6.18 Å². The molecule has 2 aromatic rings. The molecule has 3 N–H and O–H groups in total. The second kappa shape index (κ2) is 6.38. The minimum atomic E-state index is -4.71. The fourth-order valence-corrected chi connectivity index (χ4v) is 3.60. The molecular weight excluding hydrogens is 411 g/mol. The number of nitrogens with zero attached hydrogens (tertiary/aromatic N) is 2. The topological polar surface area (TPSA) is 85.8 Å². The number of hydrazone groups is 1. The van der Waals surface area contributed by atoms with Gasteiger partial charge in [0.25, 0.3) is 5.91 Å². The average Bonchev–Trinajstić information content (AvgIpc) is 3.13. The molecule has 0 aromatic heterocycles. The molecule has 7 nitrogen and oxygen atoms in total. The van der Waals surface area contributed by atoms with E-state index in [-0.39, 0.29) is 22.2 Å². The van der Waals surface area contributed by atoms with Crippen LogP contribution in [0.3, 0.4) is 0 Å². The number of halogens is 4. The first kappa shape index (κ1) is 19.1. The number of rotatable bonds is 1. The van der Waals surface area contributed by atoms with Gasteiger partial charge in [0.15, 0.2) is 0 Å². The van der Waals surface area contributed by atoms with Gasteiger partial charge in [-0.1, -0.05) is 23.7 Å². The second-order valence-corrected chi connectivity index (χ2v) is 6.87. The second-order valence-electron chi connectivity index (χ2n) is 6.43. The Morgan fingerprint density at radius 1 is 1.24 bits per heavy atom. The number of guanidine groups is 1. The van der Waals surface area contributed by atoms with Gasteiger partial charge < -0.3 is 5.32 Å². The summed E-state index contributed by atoms with van der Waals surface area (Å²) in [5, 5.41) is 9.24. The highest BCUT2D eigenvalue weighted by atomic mass is 35.5. The van der Waals surface area contributed by atoms with Crippen molar-refractivity contribution in [1.29, 1.82) is 0 Å². The Morgan fingerprint density at radius 3 is 2.66 bits per heavy atom. The van der Waals surface area contributed by atoms with E-state index in [1.165, 1.54) is 43.3 Å². The van der Waals surface area contributed by atoms with Crippen molar-refractivity contribution >= 4 is 40.7 Å². The van der Waals surface area contributed by atoms with Gasteiger partial charge in [0.05, 0.1) is 11.3 Å². The summed E-state index contributed by atoms with van der Waals surface area (Å²) in [4.78, 5) is 25.7. The number of fused-ring (bicyclic) bond motifs is 2. The smallest absolute Gasteiger partial charge is 0.322 e. The van der Waals surface area contributed by atoms with Crippen molar-refractivity contribution in [2.24, 2.45) is 5.10 Å². The summed E-state index contributed by atoms with van der Waals surface area (Å²) in [7, 11) is 0. The molecule has 2 aromatic carbocycles. The maximum absolute atomic E-state index is 13.7. The van der Waals surface area contributed by atoms with E-state index in [1.54, 1.807) is 0 Å². The summed E-state index contributed by atoms with van der Waals surface area (Å²) in [6.45, 7) is 1.18. The van der Waals surface area contributed by atoms with Crippen LogP contribution in [0, 0.1) is 0 Å². The predicted octanol–water partition coefficient (Wildman–Crippen LogP) is 2.98. The first-order valence-corrected chi connectivity index (χ1v) is 8.73. The molecule has 1 atom stereocenters. The maximum Gasteiger partial charge on any atom is 0.418 e. The van der Waals surface area contributed by atoms with Crippen LogP contribution in [-0.2, 0) is 21.4 Å². The van der Waals surface area contributed by atoms with Crippen molar-refractivity contribution in [2.75, 3.05) is 10.2 Å². The highest BCUT2D eigenvalue weighted by Gasteiger charge is 2.58. The first-order chi connectivity index (χ1) is 13.6. The minimum absolute atomic E-state index is 0.253. The Labute approximate surface area is 167 Å². The summed E-state index contributed by atoms with van der Waals surface area (Å²) >= 11 is 6.08. The van der Waals surface area contributed by atoms with Crippen LogP contribution in [-0.4, -0.2) is 17.8 Å². The normalized spacial score (nSPS) is 20.2. The van der Waals surface area contributed by atoms with Gasteiger partial charge in [-0.2, -0.15) is 13.2 Å². The van der Waals surface area contributed by atoms with Gasteiger partial charge in [-0.25, -0.2) is 0 Å². The van der Waals surface area contributed by atoms with Crippen LogP contribution in [0.1, 0.15) is 18.1 Å². The van der Waals surface area contributed by atoms with Crippen LogP contribution in [0.2, 0.25) is 5.02 Å². The third kappa shape index (κ3) is 2.87. The molecule has 11 heteroatoms. The number of carbonyl (C=O) groups excluding carboxylic acids is 2. The van der Waals surface area contributed by atoms with Crippen molar-refractivity contribution in [3.8, 4) is 0 Å². The lowest BCUT2D eigenvalue weighted by Crippen LogP contribution is -2.59. The lowest BCUT2D eigenvalue weighted by atomic mass is 9.98. The van der Waals surface area contributed by atoms with E-state index in [0.29, 0.717) is 5.69 Å². The molecule has 2 aliphatic rings. The number of hydrogen-bond acceptors (Lipinski definition) is 5. The van der Waals surface area contributed by atoms with Gasteiger partial charge in [0.1, 0.15) is 0 Å². The van der Waals surface area contributed by atoms with E-state index in [1.807, 2.05) is 0 Å². The lowest BCUT2D eigenvalue weighted by Gasteiger charge is -2.35. The fraction of sp³-hybridized carbons (Fsp3) is 0.167. The number of alkyl halides is 3. The predicted molar refractivity (Wildman–Crippen MR) is 100 cm³/mol. The Hall–Kier alpha value is -3.27. The van der Waals surface area contributed by atoms with E-state index < -0.39 is 29.2 Å². The molecule has 1 unspecified atom stereocenters. The monoisotopic (exact) mass is 423 g/mol. The Bertz CT molecular complexity index is 1070. The number of benzene rings is 2. The van der Waals surface area contributed by atoms with E-state index in [2.05, 4.69) is 21.2 Å². The molecule has 150 valence electrons. The number of amides is 2. The zero-order valence-corrected chi connectivity index (χ0v) is 15.5. The molecule has 2 heterocycles. The number of hydrogen-bond donors (Lipinski definition) is 3. The number of para-hydroxylation sites is 1. The van der Waals surface area contributed by atoms with Gasteiger partial charge in [0.2, 0.25) is 17.5 Å². The molecule has 0 saturated carbocycles. The van der Waals surface area contributed by atoms with Gasteiger partial charge in [-0.15, -0.1) is 5.10 Å². The average molecular weight is 424 g/mol.